The molecule has 2 nitrogen and oxygen atoms in total. The van der Waals surface area contributed by atoms with Crippen molar-refractivity contribution < 1.29 is 4.79 Å². The molecule has 2 rings (SSSR count). The van der Waals surface area contributed by atoms with Crippen LogP contribution in [0.15, 0.2) is 36.4 Å². The number of nitrogen functional groups attached to an aromatic ring is 1. The van der Waals surface area contributed by atoms with Gasteiger partial charge in [0.2, 0.25) is 0 Å². The minimum atomic E-state index is 0.124. The van der Waals surface area contributed by atoms with Gasteiger partial charge in [-0.3, -0.25) is 4.79 Å². The summed E-state index contributed by atoms with van der Waals surface area (Å²) in [6.07, 6.45) is 0.428. The Morgan fingerprint density at radius 2 is 1.84 bits per heavy atom. The van der Waals surface area contributed by atoms with Gasteiger partial charge in [-0.15, -0.1) is 0 Å². The van der Waals surface area contributed by atoms with E-state index in [1.54, 1.807) is 0 Å². The SMILES string of the molecule is Cc1ccc(C)c(CC(=O)c2cccc(N)c2C)c1. The summed E-state index contributed by atoms with van der Waals surface area (Å²) >= 11 is 0. The highest BCUT2D eigenvalue weighted by Crippen LogP contribution is 2.19. The zero-order valence-corrected chi connectivity index (χ0v) is 11.7. The molecule has 2 aromatic rings. The summed E-state index contributed by atoms with van der Waals surface area (Å²) in [4.78, 5) is 12.4. The number of anilines is 1. The zero-order chi connectivity index (χ0) is 14.0. The van der Waals surface area contributed by atoms with Gasteiger partial charge in [0.05, 0.1) is 0 Å². The van der Waals surface area contributed by atoms with Gasteiger partial charge >= 0.3 is 0 Å². The maximum Gasteiger partial charge on any atom is 0.167 e. The average molecular weight is 253 g/mol. The molecule has 0 radical (unpaired) electrons. The summed E-state index contributed by atoms with van der Waals surface area (Å²) in [6, 6.07) is 11.7. The van der Waals surface area contributed by atoms with E-state index >= 15 is 0 Å². The zero-order valence-electron chi connectivity index (χ0n) is 11.7. The lowest BCUT2D eigenvalue weighted by molar-refractivity contribution is 0.0992. The Morgan fingerprint density at radius 1 is 1.11 bits per heavy atom. The van der Waals surface area contributed by atoms with Gasteiger partial charge in [-0.25, -0.2) is 0 Å². The normalized spacial score (nSPS) is 10.5. The van der Waals surface area contributed by atoms with Crippen molar-refractivity contribution in [3.05, 3.63) is 64.2 Å². The van der Waals surface area contributed by atoms with Crippen LogP contribution in [0.1, 0.15) is 32.6 Å². The Balaban J connectivity index is 2.31. The standard InChI is InChI=1S/C17H19NO/c1-11-7-8-12(2)14(9-11)10-17(19)15-5-4-6-16(18)13(15)3/h4-9H,10,18H2,1-3H3. The molecule has 2 heteroatoms. The fourth-order valence-electron chi connectivity index (χ4n) is 2.21. The smallest absolute Gasteiger partial charge is 0.167 e. The molecule has 0 amide bonds. The van der Waals surface area contributed by atoms with E-state index in [0.717, 1.165) is 22.3 Å². The van der Waals surface area contributed by atoms with Gasteiger partial charge in [-0.2, -0.15) is 0 Å². The molecule has 0 aromatic heterocycles. The maximum absolute atomic E-state index is 12.4. The van der Waals surface area contributed by atoms with Crippen LogP contribution in [0.4, 0.5) is 5.69 Å². The van der Waals surface area contributed by atoms with Crippen LogP contribution in [0, 0.1) is 20.8 Å². The third kappa shape index (κ3) is 2.84. The first kappa shape index (κ1) is 13.3. The summed E-state index contributed by atoms with van der Waals surface area (Å²) in [5.74, 6) is 0.124. The third-order valence-corrected chi connectivity index (χ3v) is 3.53. The number of Topliss-reactive ketones (excluding diaryl/α,β-unsaturated/α-hetero) is 1. The molecular formula is C17H19NO. The minimum absolute atomic E-state index is 0.124. The first-order chi connectivity index (χ1) is 8.99. The molecule has 0 atom stereocenters. The van der Waals surface area contributed by atoms with Crippen LogP contribution in [0.3, 0.4) is 0 Å². The van der Waals surface area contributed by atoms with Gasteiger partial charge in [0.15, 0.2) is 5.78 Å². The third-order valence-electron chi connectivity index (χ3n) is 3.53. The van der Waals surface area contributed by atoms with Gasteiger partial charge in [0.25, 0.3) is 0 Å². The van der Waals surface area contributed by atoms with E-state index in [0.29, 0.717) is 12.1 Å². The summed E-state index contributed by atoms with van der Waals surface area (Å²) in [5.41, 5.74) is 11.5. The second kappa shape index (κ2) is 5.27. The predicted molar refractivity (Wildman–Crippen MR) is 79.5 cm³/mol. The van der Waals surface area contributed by atoms with Gasteiger partial charge in [0, 0.05) is 17.7 Å². The molecule has 0 bridgehead atoms. The molecule has 0 heterocycles. The molecule has 0 spiro atoms. The quantitative estimate of drug-likeness (QED) is 0.670. The summed E-state index contributed by atoms with van der Waals surface area (Å²) in [5, 5.41) is 0. The van der Waals surface area contributed by atoms with Crippen LogP contribution < -0.4 is 5.73 Å². The van der Waals surface area contributed by atoms with Gasteiger partial charge < -0.3 is 5.73 Å². The molecule has 19 heavy (non-hydrogen) atoms. The molecule has 0 aliphatic heterocycles. The van der Waals surface area contributed by atoms with Crippen molar-refractivity contribution >= 4 is 11.5 Å². The van der Waals surface area contributed by atoms with Crippen molar-refractivity contribution in [3.8, 4) is 0 Å². The number of carbonyl (C=O) groups excluding carboxylic acids is 1. The molecule has 98 valence electrons. The first-order valence-corrected chi connectivity index (χ1v) is 6.43. The number of rotatable bonds is 3. The van der Waals surface area contributed by atoms with Gasteiger partial charge in [0.1, 0.15) is 0 Å². The Labute approximate surface area is 114 Å². The maximum atomic E-state index is 12.4. The number of aryl methyl sites for hydroxylation is 2. The Hall–Kier alpha value is -2.09. The minimum Gasteiger partial charge on any atom is -0.398 e. The number of carbonyl (C=O) groups is 1. The van der Waals surface area contributed by atoms with Gasteiger partial charge in [-0.05, 0) is 43.5 Å². The predicted octanol–water partition coefficient (Wildman–Crippen LogP) is 3.62. The first-order valence-electron chi connectivity index (χ1n) is 6.43. The van der Waals surface area contributed by atoms with Crippen molar-refractivity contribution in [1.82, 2.24) is 0 Å². The molecule has 0 saturated carbocycles. The van der Waals surface area contributed by atoms with E-state index in [2.05, 4.69) is 18.2 Å². The van der Waals surface area contributed by atoms with Gasteiger partial charge in [-0.1, -0.05) is 35.9 Å². The molecule has 2 N–H and O–H groups in total. The molecular weight excluding hydrogens is 234 g/mol. The Bertz CT molecular complexity index is 629. The van der Waals surface area contributed by atoms with E-state index < -0.39 is 0 Å². The van der Waals surface area contributed by atoms with Crippen molar-refractivity contribution in [2.24, 2.45) is 0 Å². The van der Waals surface area contributed by atoms with E-state index in [-0.39, 0.29) is 5.78 Å². The topological polar surface area (TPSA) is 43.1 Å². The number of hydrogen-bond acceptors (Lipinski definition) is 2. The van der Waals surface area contributed by atoms with Crippen LogP contribution in [0.5, 0.6) is 0 Å². The van der Waals surface area contributed by atoms with Crippen LogP contribution in [0.25, 0.3) is 0 Å². The van der Waals surface area contributed by atoms with Crippen molar-refractivity contribution in [2.75, 3.05) is 5.73 Å². The summed E-state index contributed by atoms with van der Waals surface area (Å²) < 4.78 is 0. The second-order valence-corrected chi connectivity index (χ2v) is 5.05. The Morgan fingerprint density at radius 3 is 2.58 bits per heavy atom. The molecule has 0 aliphatic carbocycles. The monoisotopic (exact) mass is 253 g/mol. The van der Waals surface area contributed by atoms with Crippen LogP contribution >= 0.6 is 0 Å². The van der Waals surface area contributed by atoms with E-state index in [4.69, 9.17) is 5.73 Å². The molecule has 0 fully saturated rings. The lowest BCUT2D eigenvalue weighted by atomic mass is 9.95. The lowest BCUT2D eigenvalue weighted by Crippen LogP contribution is -2.08. The Kier molecular flexibility index (Phi) is 3.70. The largest absolute Gasteiger partial charge is 0.398 e. The van der Waals surface area contributed by atoms with E-state index in [9.17, 15) is 4.79 Å². The van der Waals surface area contributed by atoms with Crippen molar-refractivity contribution in [2.45, 2.75) is 27.2 Å². The molecule has 0 aliphatic rings. The lowest BCUT2D eigenvalue weighted by Gasteiger charge is -2.09. The highest BCUT2D eigenvalue weighted by atomic mass is 16.1. The number of benzene rings is 2. The summed E-state index contributed by atoms with van der Waals surface area (Å²) in [7, 11) is 0. The van der Waals surface area contributed by atoms with Crippen LogP contribution in [0.2, 0.25) is 0 Å². The highest BCUT2D eigenvalue weighted by Gasteiger charge is 2.12. The fraction of sp³-hybridized carbons (Fsp3) is 0.235. The highest BCUT2D eigenvalue weighted by molar-refractivity contribution is 6.00. The molecule has 0 saturated heterocycles. The molecule has 2 aromatic carbocycles. The van der Waals surface area contributed by atoms with Crippen LogP contribution in [-0.4, -0.2) is 5.78 Å². The van der Waals surface area contributed by atoms with Crippen LogP contribution in [-0.2, 0) is 6.42 Å². The average Bonchev–Trinajstić information content (AvgIpc) is 2.37. The second-order valence-electron chi connectivity index (χ2n) is 5.05. The number of nitrogens with two attached hydrogens (primary N) is 1. The molecule has 0 unspecified atom stereocenters. The van der Waals surface area contributed by atoms with E-state index in [1.165, 1.54) is 5.56 Å². The fourth-order valence-corrected chi connectivity index (χ4v) is 2.21. The van der Waals surface area contributed by atoms with E-state index in [1.807, 2.05) is 39.0 Å². The van der Waals surface area contributed by atoms with Crippen molar-refractivity contribution in [1.29, 1.82) is 0 Å². The number of ketones is 1. The number of hydrogen-bond donors (Lipinski definition) is 1. The van der Waals surface area contributed by atoms with Crippen molar-refractivity contribution in [3.63, 3.8) is 0 Å². The summed E-state index contributed by atoms with van der Waals surface area (Å²) in [6.45, 7) is 5.97.